The van der Waals surface area contributed by atoms with Gasteiger partial charge in [-0.15, -0.1) is 5.10 Å². The van der Waals surface area contributed by atoms with E-state index in [0.717, 1.165) is 4.68 Å². The van der Waals surface area contributed by atoms with Crippen molar-refractivity contribution in [3.63, 3.8) is 0 Å². The second-order valence-electron chi connectivity index (χ2n) is 5.86. The molecule has 0 aliphatic rings. The van der Waals surface area contributed by atoms with Gasteiger partial charge in [0.25, 0.3) is 16.1 Å². The van der Waals surface area contributed by atoms with Crippen LogP contribution in [0.5, 0.6) is 11.6 Å². The van der Waals surface area contributed by atoms with Crippen molar-refractivity contribution in [3.05, 3.63) is 77.3 Å². The molecule has 3 rings (SSSR count). The molecule has 3 N–H and O–H groups in total. The molecule has 0 radical (unpaired) electrons. The summed E-state index contributed by atoms with van der Waals surface area (Å²) in [5, 5.41) is 19.2. The molecular formula is C17H14Cl2N5O5+. The van der Waals surface area contributed by atoms with Gasteiger partial charge in [0, 0.05) is 17.7 Å². The van der Waals surface area contributed by atoms with Gasteiger partial charge in [0.1, 0.15) is 0 Å². The summed E-state index contributed by atoms with van der Waals surface area (Å²) < 4.78 is 6.45. The van der Waals surface area contributed by atoms with Gasteiger partial charge in [-0.3, -0.25) is 14.6 Å². The van der Waals surface area contributed by atoms with Crippen molar-refractivity contribution < 1.29 is 21.4 Å². The van der Waals surface area contributed by atoms with Gasteiger partial charge in [-0.05, 0) is 18.6 Å². The van der Waals surface area contributed by atoms with Gasteiger partial charge in [-0.1, -0.05) is 18.2 Å². The van der Waals surface area contributed by atoms with Gasteiger partial charge < -0.3 is 9.84 Å². The number of nitrogens with zero attached hydrogens (tertiary/aromatic N) is 3. The predicted molar refractivity (Wildman–Crippen MR) is 102 cm³/mol. The van der Waals surface area contributed by atoms with E-state index in [-0.39, 0.29) is 38.6 Å². The molecule has 0 amide bonds. The Morgan fingerprint density at radius 3 is 2.66 bits per heavy atom. The summed E-state index contributed by atoms with van der Waals surface area (Å²) >= 11 is 11.5. The fourth-order valence-electron chi connectivity index (χ4n) is 2.35. The number of ether oxygens (including phenoxy) is 1. The lowest BCUT2D eigenvalue weighted by Gasteiger charge is -2.09. The van der Waals surface area contributed by atoms with Crippen LogP contribution < -0.4 is 21.5 Å². The number of halogens is 2. The Morgan fingerprint density at radius 1 is 1.31 bits per heavy atom. The molecule has 150 valence electrons. The fraction of sp³-hybridized carbons (Fsp3) is 0.118. The van der Waals surface area contributed by atoms with Crippen LogP contribution >= 0.6 is 11.6 Å². The summed E-state index contributed by atoms with van der Waals surface area (Å²) in [7, 11) is 0. The molecule has 29 heavy (non-hydrogen) atoms. The largest absolute Gasteiger partial charge is 0.430 e. The second kappa shape index (κ2) is 8.03. The molecule has 0 aliphatic carbocycles. The third kappa shape index (κ3) is 4.14. The number of hydrogen-bond acceptors (Lipinski definition) is 7. The summed E-state index contributed by atoms with van der Waals surface area (Å²) in [6.45, 7) is 4.71. The molecule has 0 spiro atoms. The number of rotatable bonds is 5. The molecule has 10 nitrogen and oxygen atoms in total. The van der Waals surface area contributed by atoms with Crippen molar-refractivity contribution in [2.45, 2.75) is 13.5 Å². The molecule has 12 heteroatoms. The van der Waals surface area contributed by atoms with Crippen molar-refractivity contribution in [3.8, 4) is 17.3 Å². The van der Waals surface area contributed by atoms with E-state index in [0.29, 0.717) is 5.57 Å². The van der Waals surface area contributed by atoms with E-state index in [1.807, 2.05) is 4.98 Å². The lowest BCUT2D eigenvalue weighted by molar-refractivity contribution is -0.290. The minimum Gasteiger partial charge on any atom is -0.430 e. The van der Waals surface area contributed by atoms with E-state index in [1.54, 1.807) is 6.92 Å². The highest BCUT2D eigenvalue weighted by Crippen LogP contribution is 2.35. The number of aromatic nitrogens is 5. The maximum atomic E-state index is 12.0. The SMILES string of the molecule is C=C(C)c1cc(Oc2c(Cl)cc(-n3nc(CO)c(=O)[nH]c3=O)cc2[ClH+])n[nH]c1=O. The average molecular weight is 439 g/mol. The van der Waals surface area contributed by atoms with Crippen LogP contribution in [-0.2, 0) is 6.61 Å². The normalized spacial score (nSPS) is 10.8. The fourth-order valence-corrected chi connectivity index (χ4v) is 2.93. The molecule has 3 aromatic rings. The number of nitrogens with one attached hydrogen (secondary N) is 2. The molecule has 2 aromatic heterocycles. The van der Waals surface area contributed by atoms with Crippen LogP contribution in [0.3, 0.4) is 0 Å². The van der Waals surface area contributed by atoms with Crippen LogP contribution in [0.2, 0.25) is 10.0 Å². The minimum absolute atomic E-state index is 0.0304. The quantitative estimate of drug-likeness (QED) is 0.530. The number of hydrogen-bond donors (Lipinski definition) is 3. The second-order valence-corrected chi connectivity index (χ2v) is 6.71. The third-order valence-corrected chi connectivity index (χ3v) is 4.31. The van der Waals surface area contributed by atoms with Gasteiger partial charge in [0.05, 0.1) is 17.3 Å². The van der Waals surface area contributed by atoms with Crippen LogP contribution in [0.25, 0.3) is 11.3 Å². The Kier molecular flexibility index (Phi) is 5.69. The molecule has 0 fully saturated rings. The van der Waals surface area contributed by atoms with Gasteiger partial charge in [-0.2, -0.15) is 9.78 Å². The van der Waals surface area contributed by atoms with Crippen molar-refractivity contribution >= 4 is 17.2 Å². The molecule has 0 saturated heterocycles. The van der Waals surface area contributed by atoms with Gasteiger partial charge in [0.15, 0.2) is 17.3 Å². The summed E-state index contributed by atoms with van der Waals surface area (Å²) in [4.78, 5) is 37.4. The van der Waals surface area contributed by atoms with E-state index < -0.39 is 23.4 Å². The molecule has 2 heterocycles. The smallest absolute Gasteiger partial charge is 0.349 e. The first-order chi connectivity index (χ1) is 13.7. The van der Waals surface area contributed by atoms with Crippen LogP contribution in [0.15, 0.2) is 39.2 Å². The number of benzene rings is 1. The first-order valence-electron chi connectivity index (χ1n) is 7.99. The van der Waals surface area contributed by atoms with Crippen LogP contribution in [0.4, 0.5) is 0 Å². The van der Waals surface area contributed by atoms with Crippen molar-refractivity contribution in [1.29, 1.82) is 0 Å². The van der Waals surface area contributed by atoms with E-state index in [2.05, 4.69) is 21.9 Å². The number of allylic oxidation sites excluding steroid dienone is 1. The highest BCUT2D eigenvalue weighted by molar-refractivity contribution is 6.32. The van der Waals surface area contributed by atoms with Crippen LogP contribution in [-0.4, -0.2) is 30.1 Å². The molecular weight excluding hydrogens is 425 g/mol. The lowest BCUT2D eigenvalue weighted by atomic mass is 10.2. The molecule has 0 atom stereocenters. The molecule has 1 aromatic carbocycles. The first kappa shape index (κ1) is 20.5. The third-order valence-electron chi connectivity index (χ3n) is 3.73. The van der Waals surface area contributed by atoms with E-state index >= 15 is 0 Å². The van der Waals surface area contributed by atoms with Gasteiger partial charge in [-0.25, -0.2) is 9.89 Å². The summed E-state index contributed by atoms with van der Waals surface area (Å²) in [6.07, 6.45) is 0. The molecule has 0 bridgehead atoms. The number of aromatic amines is 2. The summed E-state index contributed by atoms with van der Waals surface area (Å²) in [6, 6.07) is 4.10. The monoisotopic (exact) mass is 438 g/mol. The molecule has 0 unspecified atom stereocenters. The van der Waals surface area contributed by atoms with Crippen molar-refractivity contribution in [2.75, 3.05) is 0 Å². The summed E-state index contributed by atoms with van der Waals surface area (Å²) in [5.41, 5.74) is -1.35. The van der Waals surface area contributed by atoms with Crippen LogP contribution in [0.1, 0.15) is 18.2 Å². The maximum absolute atomic E-state index is 12.0. The van der Waals surface area contributed by atoms with Gasteiger partial charge in [0.2, 0.25) is 11.6 Å². The van der Waals surface area contributed by atoms with Gasteiger partial charge >= 0.3 is 5.69 Å². The Morgan fingerprint density at radius 2 is 2.03 bits per heavy atom. The zero-order chi connectivity index (χ0) is 21.3. The van der Waals surface area contributed by atoms with Crippen molar-refractivity contribution in [1.82, 2.24) is 25.0 Å². The highest BCUT2D eigenvalue weighted by atomic mass is 35.5. The number of aliphatic hydroxyl groups excluding tert-OH is 1. The Balaban J connectivity index is 2.05. The zero-order valence-electron chi connectivity index (χ0n) is 14.9. The number of aliphatic hydroxyl groups is 1. The summed E-state index contributed by atoms with van der Waals surface area (Å²) in [5.74, 6) is 0.0998. The zero-order valence-corrected chi connectivity index (χ0v) is 16.4. The molecule has 0 aliphatic heterocycles. The van der Waals surface area contributed by atoms with Crippen molar-refractivity contribution in [2.24, 2.45) is 0 Å². The predicted octanol–water partition coefficient (Wildman–Crippen LogP) is 0.671. The standard InChI is InChI=1S/C17H13Cl2N5O5/c1-7(2)9-5-13(21-22-15(9)26)29-14-10(18)3-8(4-11(14)19)24-17(28)20-16(27)12(6-25)23-24/h3-5,18,25H,1,6H2,2H3,(H-,20,22,26,27,28)/p+1. The lowest BCUT2D eigenvalue weighted by Crippen LogP contribution is -2.34. The highest BCUT2D eigenvalue weighted by Gasteiger charge is 2.20. The molecule has 0 saturated carbocycles. The Bertz CT molecular complexity index is 1270. The topological polar surface area (TPSA) is 143 Å². The Hall–Kier alpha value is -3.21. The first-order valence-corrected chi connectivity index (χ1v) is 8.77. The average Bonchev–Trinajstić information content (AvgIpc) is 2.65. The Labute approximate surface area is 172 Å². The van der Waals surface area contributed by atoms with E-state index in [1.165, 1.54) is 18.2 Å². The van der Waals surface area contributed by atoms with E-state index in [4.69, 9.17) is 27.9 Å². The van der Waals surface area contributed by atoms with Crippen LogP contribution in [0, 0.1) is 11.6 Å². The maximum Gasteiger partial charge on any atom is 0.349 e. The van der Waals surface area contributed by atoms with E-state index in [9.17, 15) is 19.5 Å². The number of H-pyrrole nitrogens is 2. The minimum atomic E-state index is -0.834.